The summed E-state index contributed by atoms with van der Waals surface area (Å²) in [6.45, 7) is 3.90. The number of aryl methyl sites for hydroxylation is 1. The van der Waals surface area contributed by atoms with Crippen LogP contribution in [0.2, 0.25) is 0 Å². The molecule has 0 radical (unpaired) electrons. The van der Waals surface area contributed by atoms with Gasteiger partial charge in [-0.1, -0.05) is 30.8 Å². The van der Waals surface area contributed by atoms with E-state index in [-0.39, 0.29) is 5.56 Å². The maximum Gasteiger partial charge on any atom is 0.195 e. The molecule has 0 N–H and O–H groups in total. The van der Waals surface area contributed by atoms with Gasteiger partial charge < -0.3 is 9.90 Å². The van der Waals surface area contributed by atoms with Crippen LogP contribution in [-0.4, -0.2) is 26.5 Å². The lowest BCUT2D eigenvalue weighted by atomic mass is 10.2. The van der Waals surface area contributed by atoms with Crippen LogP contribution >= 0.6 is 11.8 Å². The molecule has 0 spiro atoms. The van der Waals surface area contributed by atoms with Gasteiger partial charge in [-0.25, -0.2) is 0 Å². The zero-order valence-electron chi connectivity index (χ0n) is 10.1. The normalized spacial score (nSPS) is 10.6. The van der Waals surface area contributed by atoms with E-state index in [9.17, 15) is 9.90 Å². The molecule has 6 heteroatoms. The summed E-state index contributed by atoms with van der Waals surface area (Å²) in [5.74, 6) is 0.493. The summed E-state index contributed by atoms with van der Waals surface area (Å²) in [5.41, 5.74) is 1.01. The van der Waals surface area contributed by atoms with Crippen molar-refractivity contribution >= 4 is 17.7 Å². The van der Waals surface area contributed by atoms with Crippen LogP contribution < -0.4 is 5.11 Å². The minimum Gasteiger partial charge on any atom is -0.545 e. The highest BCUT2D eigenvalue weighted by Crippen LogP contribution is 2.21. The summed E-state index contributed by atoms with van der Waals surface area (Å²) in [7, 11) is 0. The Bertz CT molecular complexity index is 563. The highest BCUT2D eigenvalue weighted by molar-refractivity contribution is 7.99. The van der Waals surface area contributed by atoms with Crippen molar-refractivity contribution in [2.24, 2.45) is 0 Å². The molecule has 5 nitrogen and oxygen atoms in total. The van der Waals surface area contributed by atoms with Crippen LogP contribution in [0, 0.1) is 6.92 Å². The number of carbonyl (C=O) groups excluding carboxylic acids is 1. The number of carboxylic acid groups (broad SMARTS) is 1. The number of aromatic carboxylic acids is 1. The first-order chi connectivity index (χ1) is 8.63. The van der Waals surface area contributed by atoms with Gasteiger partial charge in [-0.05, 0) is 30.4 Å². The van der Waals surface area contributed by atoms with Crippen molar-refractivity contribution < 1.29 is 9.90 Å². The van der Waals surface area contributed by atoms with Gasteiger partial charge in [0.1, 0.15) is 5.82 Å². The topological polar surface area (TPSA) is 70.8 Å². The molecule has 2 rings (SSSR count). The van der Waals surface area contributed by atoms with E-state index in [2.05, 4.69) is 10.2 Å². The molecular formula is C12H12N3O2S-. The van der Waals surface area contributed by atoms with E-state index in [0.29, 0.717) is 0 Å². The summed E-state index contributed by atoms with van der Waals surface area (Å²) in [4.78, 5) is 10.7. The van der Waals surface area contributed by atoms with E-state index in [1.165, 1.54) is 12.1 Å². The van der Waals surface area contributed by atoms with Crippen molar-refractivity contribution in [1.82, 2.24) is 14.8 Å². The molecule has 0 aliphatic rings. The summed E-state index contributed by atoms with van der Waals surface area (Å²) in [6.07, 6.45) is 0. The van der Waals surface area contributed by atoms with Crippen LogP contribution in [0.5, 0.6) is 0 Å². The van der Waals surface area contributed by atoms with Crippen molar-refractivity contribution in [3.63, 3.8) is 0 Å². The second-order valence-corrected chi connectivity index (χ2v) is 4.86. The lowest BCUT2D eigenvalue weighted by molar-refractivity contribution is -0.255. The fourth-order valence-corrected chi connectivity index (χ4v) is 2.33. The van der Waals surface area contributed by atoms with Gasteiger partial charge in [-0.15, -0.1) is 10.2 Å². The van der Waals surface area contributed by atoms with Crippen molar-refractivity contribution in [1.29, 1.82) is 0 Å². The van der Waals surface area contributed by atoms with Crippen LogP contribution in [0.15, 0.2) is 29.4 Å². The number of carboxylic acids is 1. The summed E-state index contributed by atoms with van der Waals surface area (Å²) >= 11 is 1.59. The molecule has 0 bridgehead atoms. The Labute approximate surface area is 109 Å². The third-order valence-corrected chi connectivity index (χ3v) is 3.24. The number of benzene rings is 1. The first-order valence-corrected chi connectivity index (χ1v) is 6.48. The van der Waals surface area contributed by atoms with E-state index in [1.54, 1.807) is 23.9 Å². The van der Waals surface area contributed by atoms with Crippen molar-refractivity contribution in [3.05, 3.63) is 35.7 Å². The molecule has 1 aromatic heterocycles. The molecule has 0 saturated carbocycles. The fourth-order valence-electron chi connectivity index (χ4n) is 1.61. The van der Waals surface area contributed by atoms with Crippen LogP contribution in [0.3, 0.4) is 0 Å². The molecule has 0 aliphatic heterocycles. The maximum absolute atomic E-state index is 10.7. The van der Waals surface area contributed by atoms with Gasteiger partial charge in [0, 0.05) is 5.69 Å². The van der Waals surface area contributed by atoms with Crippen LogP contribution in [0.1, 0.15) is 23.1 Å². The smallest absolute Gasteiger partial charge is 0.195 e. The molecule has 2 aromatic rings. The number of hydrogen-bond acceptors (Lipinski definition) is 5. The van der Waals surface area contributed by atoms with Crippen LogP contribution in [0.4, 0.5) is 0 Å². The Kier molecular flexibility index (Phi) is 3.66. The Balaban J connectivity index is 2.41. The van der Waals surface area contributed by atoms with Gasteiger partial charge in [0.15, 0.2) is 5.16 Å². The average molecular weight is 262 g/mol. The Morgan fingerprint density at radius 3 is 2.56 bits per heavy atom. The predicted molar refractivity (Wildman–Crippen MR) is 66.8 cm³/mol. The van der Waals surface area contributed by atoms with Crippen molar-refractivity contribution in [2.45, 2.75) is 19.0 Å². The quantitative estimate of drug-likeness (QED) is 0.770. The third kappa shape index (κ3) is 2.38. The summed E-state index contributed by atoms with van der Waals surface area (Å²) in [5, 5.41) is 19.6. The van der Waals surface area contributed by atoms with Gasteiger partial charge in [0.05, 0.1) is 5.97 Å². The summed E-state index contributed by atoms with van der Waals surface area (Å²) in [6, 6.07) is 6.48. The number of hydrogen-bond donors (Lipinski definition) is 0. The minimum absolute atomic E-state index is 0.161. The molecule has 1 aromatic carbocycles. The average Bonchev–Trinajstić information content (AvgIpc) is 2.71. The number of carbonyl (C=O) groups is 1. The monoisotopic (exact) mass is 262 g/mol. The Morgan fingerprint density at radius 1 is 1.33 bits per heavy atom. The second-order valence-electron chi connectivity index (χ2n) is 3.63. The lowest BCUT2D eigenvalue weighted by Gasteiger charge is -2.09. The van der Waals surface area contributed by atoms with Crippen LogP contribution in [-0.2, 0) is 0 Å². The van der Waals surface area contributed by atoms with E-state index in [0.717, 1.165) is 22.4 Å². The SMILES string of the molecule is CCSc1nnc(C)n1-c1ccc(C(=O)[O-])cc1. The Morgan fingerprint density at radius 2 is 2.00 bits per heavy atom. The molecule has 18 heavy (non-hydrogen) atoms. The summed E-state index contributed by atoms with van der Waals surface area (Å²) < 4.78 is 1.90. The standard InChI is InChI=1S/C12H13N3O2S/c1-3-18-12-14-13-8(2)15(12)10-6-4-9(5-7-10)11(16)17/h4-7H,3H2,1-2H3,(H,16,17)/p-1. The zero-order chi connectivity index (χ0) is 13.1. The van der Waals surface area contributed by atoms with E-state index >= 15 is 0 Å². The molecule has 0 amide bonds. The largest absolute Gasteiger partial charge is 0.545 e. The van der Waals surface area contributed by atoms with Gasteiger partial charge >= 0.3 is 0 Å². The van der Waals surface area contributed by atoms with E-state index < -0.39 is 5.97 Å². The first-order valence-electron chi connectivity index (χ1n) is 5.50. The van der Waals surface area contributed by atoms with Gasteiger partial charge in [-0.2, -0.15) is 0 Å². The molecule has 94 valence electrons. The van der Waals surface area contributed by atoms with Gasteiger partial charge in [0.25, 0.3) is 0 Å². The van der Waals surface area contributed by atoms with Gasteiger partial charge in [-0.3, -0.25) is 4.57 Å². The van der Waals surface area contributed by atoms with Gasteiger partial charge in [0.2, 0.25) is 0 Å². The van der Waals surface area contributed by atoms with Crippen molar-refractivity contribution in [2.75, 3.05) is 5.75 Å². The highest BCUT2D eigenvalue weighted by Gasteiger charge is 2.10. The Hall–Kier alpha value is -1.82. The second kappa shape index (κ2) is 5.22. The zero-order valence-corrected chi connectivity index (χ0v) is 10.9. The molecule has 0 aliphatic carbocycles. The fraction of sp³-hybridized carbons (Fsp3) is 0.250. The van der Waals surface area contributed by atoms with E-state index in [1.807, 2.05) is 18.4 Å². The number of rotatable bonds is 4. The lowest BCUT2D eigenvalue weighted by Crippen LogP contribution is -2.22. The predicted octanol–water partition coefficient (Wildman–Crippen LogP) is 1.05. The number of thioether (sulfide) groups is 1. The molecule has 0 saturated heterocycles. The highest BCUT2D eigenvalue weighted by atomic mass is 32.2. The first kappa shape index (κ1) is 12.6. The van der Waals surface area contributed by atoms with E-state index in [4.69, 9.17) is 0 Å². The molecular weight excluding hydrogens is 250 g/mol. The molecule has 0 fully saturated rings. The van der Waals surface area contributed by atoms with Crippen LogP contribution in [0.25, 0.3) is 5.69 Å². The minimum atomic E-state index is -1.18. The molecule has 0 unspecified atom stereocenters. The number of aromatic nitrogens is 3. The number of nitrogens with zero attached hydrogens (tertiary/aromatic N) is 3. The maximum atomic E-state index is 10.7. The molecule has 1 heterocycles. The molecule has 0 atom stereocenters. The van der Waals surface area contributed by atoms with Crippen molar-refractivity contribution in [3.8, 4) is 5.69 Å². The third-order valence-electron chi connectivity index (χ3n) is 2.43.